The van der Waals surface area contributed by atoms with Gasteiger partial charge in [0.15, 0.2) is 0 Å². The number of hydrogen-bond donors (Lipinski definition) is 0. The first-order chi connectivity index (χ1) is 28.0. The summed E-state index contributed by atoms with van der Waals surface area (Å²) in [5.41, 5.74) is 17.0. The second kappa shape index (κ2) is 13.0. The van der Waals surface area contributed by atoms with Crippen LogP contribution in [0, 0.1) is 0 Å². The smallest absolute Gasteiger partial charge is 0.0561 e. The van der Waals surface area contributed by atoms with Gasteiger partial charge in [-0.15, -0.1) is 0 Å². The van der Waals surface area contributed by atoms with E-state index in [2.05, 4.69) is 230 Å². The summed E-state index contributed by atoms with van der Waals surface area (Å²) in [6, 6.07) is 75.5. The highest BCUT2D eigenvalue weighted by Gasteiger charge is 2.37. The van der Waals surface area contributed by atoms with Crippen molar-refractivity contribution < 1.29 is 0 Å². The van der Waals surface area contributed by atoms with Gasteiger partial charge < -0.3 is 9.47 Å². The molecule has 0 spiro atoms. The standard InChI is InChI=1S/C55H40N2/c1-55(2)51-35-42(28-32-46(51)49-30-26-39-20-12-13-23-45(39)54(49)55)56(40-21-10-5-11-22-40)43-29-33-48-47-24-14-15-25-52(47)57(53(48)36-43)41-27-31-44(37-16-6-3-7-17-37)50(34-41)38-18-8-4-9-19-38/h3-36H,1-2H3. The molecule has 0 fully saturated rings. The minimum atomic E-state index is -0.164. The molecule has 0 atom stereocenters. The summed E-state index contributed by atoms with van der Waals surface area (Å²) in [5, 5.41) is 5.09. The first kappa shape index (κ1) is 33.2. The zero-order valence-electron chi connectivity index (χ0n) is 32.0. The molecule has 2 heteroatoms. The van der Waals surface area contributed by atoms with Crippen LogP contribution in [0.4, 0.5) is 17.1 Å². The molecule has 1 aromatic heterocycles. The maximum Gasteiger partial charge on any atom is 0.0561 e. The fraction of sp³-hybridized carbons (Fsp3) is 0.0545. The summed E-state index contributed by atoms with van der Waals surface area (Å²) in [7, 11) is 0. The molecule has 0 N–H and O–H groups in total. The summed E-state index contributed by atoms with van der Waals surface area (Å²) in [4.78, 5) is 2.42. The molecule has 10 aromatic rings. The Balaban J connectivity index is 1.11. The normalized spacial score (nSPS) is 12.9. The summed E-state index contributed by atoms with van der Waals surface area (Å²) in [6.45, 7) is 4.77. The second-order valence-corrected chi connectivity index (χ2v) is 15.8. The molecular formula is C55H40N2. The largest absolute Gasteiger partial charge is 0.310 e. The molecule has 0 bridgehead atoms. The SMILES string of the molecule is CC1(C)c2cc(N(c3ccccc3)c3ccc4c5ccccc5n(-c5ccc(-c6ccccc6)c(-c6ccccc6)c5)c4c3)ccc2-c2ccc3ccccc3c21. The third-order valence-electron chi connectivity index (χ3n) is 12.1. The Kier molecular flexibility index (Phi) is 7.55. The first-order valence-electron chi connectivity index (χ1n) is 19.9. The number of nitrogens with zero attached hydrogens (tertiary/aromatic N) is 2. The highest BCUT2D eigenvalue weighted by molar-refractivity contribution is 6.10. The molecule has 1 aliphatic rings. The van der Waals surface area contributed by atoms with Crippen LogP contribution in [0.5, 0.6) is 0 Å². The molecular weight excluding hydrogens is 689 g/mol. The molecule has 270 valence electrons. The fourth-order valence-electron chi connectivity index (χ4n) is 9.53. The van der Waals surface area contributed by atoms with Crippen LogP contribution in [-0.4, -0.2) is 4.57 Å². The van der Waals surface area contributed by atoms with Gasteiger partial charge in [-0.05, 0) is 110 Å². The molecule has 11 rings (SSSR count). The third kappa shape index (κ3) is 5.25. The highest BCUT2D eigenvalue weighted by atomic mass is 15.1. The van der Waals surface area contributed by atoms with E-state index in [0.717, 1.165) is 22.7 Å². The number of aromatic nitrogens is 1. The molecule has 0 amide bonds. The van der Waals surface area contributed by atoms with Crippen molar-refractivity contribution in [3.05, 3.63) is 217 Å². The molecule has 2 nitrogen and oxygen atoms in total. The average molecular weight is 729 g/mol. The Morgan fingerprint density at radius 2 is 0.965 bits per heavy atom. The number of benzene rings is 9. The maximum atomic E-state index is 2.45. The molecule has 0 saturated heterocycles. The molecule has 1 aliphatic carbocycles. The van der Waals surface area contributed by atoms with Gasteiger partial charge in [-0.1, -0.05) is 166 Å². The molecule has 0 radical (unpaired) electrons. The van der Waals surface area contributed by atoms with Gasteiger partial charge in [0.25, 0.3) is 0 Å². The van der Waals surface area contributed by atoms with Crippen LogP contribution in [0.15, 0.2) is 206 Å². The Labute approximate surface area is 333 Å². The lowest BCUT2D eigenvalue weighted by molar-refractivity contribution is 0.666. The monoisotopic (exact) mass is 728 g/mol. The van der Waals surface area contributed by atoms with Gasteiger partial charge in [0.05, 0.1) is 11.0 Å². The topological polar surface area (TPSA) is 8.17 Å². The van der Waals surface area contributed by atoms with Crippen LogP contribution in [0.1, 0.15) is 25.0 Å². The van der Waals surface area contributed by atoms with Crippen molar-refractivity contribution in [2.45, 2.75) is 19.3 Å². The van der Waals surface area contributed by atoms with Crippen LogP contribution in [0.25, 0.3) is 71.6 Å². The van der Waals surface area contributed by atoms with E-state index >= 15 is 0 Å². The van der Waals surface area contributed by atoms with Crippen LogP contribution in [-0.2, 0) is 5.41 Å². The van der Waals surface area contributed by atoms with Crippen molar-refractivity contribution in [1.29, 1.82) is 0 Å². The molecule has 9 aromatic carbocycles. The molecule has 1 heterocycles. The van der Waals surface area contributed by atoms with E-state index in [0.29, 0.717) is 0 Å². The Morgan fingerprint density at radius 3 is 1.74 bits per heavy atom. The molecule has 0 saturated carbocycles. The van der Waals surface area contributed by atoms with Crippen molar-refractivity contribution in [2.24, 2.45) is 0 Å². The number of rotatable bonds is 6. The summed E-state index contributed by atoms with van der Waals surface area (Å²) in [5.74, 6) is 0. The van der Waals surface area contributed by atoms with E-state index in [1.807, 2.05) is 0 Å². The molecule has 57 heavy (non-hydrogen) atoms. The van der Waals surface area contributed by atoms with E-state index in [1.54, 1.807) is 0 Å². The van der Waals surface area contributed by atoms with Crippen LogP contribution >= 0.6 is 0 Å². The van der Waals surface area contributed by atoms with E-state index in [1.165, 1.54) is 77.1 Å². The van der Waals surface area contributed by atoms with Gasteiger partial charge in [-0.2, -0.15) is 0 Å². The maximum absolute atomic E-state index is 2.45. The van der Waals surface area contributed by atoms with Gasteiger partial charge in [-0.3, -0.25) is 0 Å². The quantitative estimate of drug-likeness (QED) is 0.165. The van der Waals surface area contributed by atoms with Gasteiger partial charge >= 0.3 is 0 Å². The summed E-state index contributed by atoms with van der Waals surface area (Å²) >= 11 is 0. The van der Waals surface area contributed by atoms with Crippen molar-refractivity contribution in [2.75, 3.05) is 4.90 Å². The minimum Gasteiger partial charge on any atom is -0.310 e. The van der Waals surface area contributed by atoms with Crippen LogP contribution in [0.2, 0.25) is 0 Å². The minimum absolute atomic E-state index is 0.164. The lowest BCUT2D eigenvalue weighted by Gasteiger charge is -2.28. The number of anilines is 3. The lowest BCUT2D eigenvalue weighted by Crippen LogP contribution is -2.17. The predicted molar refractivity (Wildman–Crippen MR) is 241 cm³/mol. The lowest BCUT2D eigenvalue weighted by atomic mass is 9.80. The highest BCUT2D eigenvalue weighted by Crippen LogP contribution is 2.53. The van der Waals surface area contributed by atoms with Gasteiger partial charge in [0, 0.05) is 38.9 Å². The number of fused-ring (bicyclic) bond motifs is 8. The zero-order chi connectivity index (χ0) is 38.1. The number of para-hydroxylation sites is 2. The zero-order valence-corrected chi connectivity index (χ0v) is 32.0. The Morgan fingerprint density at radius 1 is 0.386 bits per heavy atom. The number of hydrogen-bond acceptors (Lipinski definition) is 1. The van der Waals surface area contributed by atoms with Crippen molar-refractivity contribution in [3.8, 4) is 39.1 Å². The summed E-state index contributed by atoms with van der Waals surface area (Å²) in [6.07, 6.45) is 0. The average Bonchev–Trinajstić information content (AvgIpc) is 3.72. The van der Waals surface area contributed by atoms with Gasteiger partial charge in [-0.25, -0.2) is 0 Å². The van der Waals surface area contributed by atoms with Crippen molar-refractivity contribution >= 4 is 49.6 Å². The molecule has 0 aliphatic heterocycles. The third-order valence-corrected chi connectivity index (χ3v) is 12.1. The van der Waals surface area contributed by atoms with Gasteiger partial charge in [0.2, 0.25) is 0 Å². The van der Waals surface area contributed by atoms with Gasteiger partial charge in [0.1, 0.15) is 0 Å². The first-order valence-corrected chi connectivity index (χ1v) is 19.9. The fourth-order valence-corrected chi connectivity index (χ4v) is 9.53. The van der Waals surface area contributed by atoms with Crippen molar-refractivity contribution in [1.82, 2.24) is 4.57 Å². The van der Waals surface area contributed by atoms with E-state index in [9.17, 15) is 0 Å². The van der Waals surface area contributed by atoms with E-state index < -0.39 is 0 Å². The van der Waals surface area contributed by atoms with Crippen molar-refractivity contribution in [3.63, 3.8) is 0 Å². The second-order valence-electron chi connectivity index (χ2n) is 15.8. The van der Waals surface area contributed by atoms with E-state index in [4.69, 9.17) is 0 Å². The van der Waals surface area contributed by atoms with Crippen LogP contribution < -0.4 is 4.90 Å². The molecule has 0 unspecified atom stereocenters. The van der Waals surface area contributed by atoms with E-state index in [-0.39, 0.29) is 5.41 Å². The Bertz CT molecular complexity index is 3140. The summed E-state index contributed by atoms with van der Waals surface area (Å²) < 4.78 is 2.45. The Hall–Kier alpha value is -7.16. The van der Waals surface area contributed by atoms with Crippen LogP contribution in [0.3, 0.4) is 0 Å². The predicted octanol–water partition coefficient (Wildman–Crippen LogP) is 15.0.